The van der Waals surface area contributed by atoms with Crippen molar-refractivity contribution in [1.29, 1.82) is 5.26 Å². The van der Waals surface area contributed by atoms with Crippen LogP contribution in [0.3, 0.4) is 0 Å². The molecule has 1 aliphatic rings. The van der Waals surface area contributed by atoms with Gasteiger partial charge >= 0.3 is 0 Å². The van der Waals surface area contributed by atoms with Crippen LogP contribution in [0.2, 0.25) is 0 Å². The van der Waals surface area contributed by atoms with Crippen molar-refractivity contribution in [1.82, 2.24) is 4.98 Å². The van der Waals surface area contributed by atoms with E-state index in [0.29, 0.717) is 30.9 Å². The molecule has 0 saturated carbocycles. The smallest absolute Gasteiger partial charge is 0.216 e. The molecular formula is C24H22N2O3. The summed E-state index contributed by atoms with van der Waals surface area (Å²) in [4.78, 5) is 4.21. The Labute approximate surface area is 170 Å². The van der Waals surface area contributed by atoms with Gasteiger partial charge in [-0.05, 0) is 47.7 Å². The molecule has 5 heteroatoms. The molecule has 0 bridgehead atoms. The van der Waals surface area contributed by atoms with Crippen molar-refractivity contribution in [2.24, 2.45) is 5.92 Å². The first-order valence-electron chi connectivity index (χ1n) is 9.61. The number of nitrogens with zero attached hydrogens (tertiary/aromatic N) is 2. The van der Waals surface area contributed by atoms with Gasteiger partial charge in [0.15, 0.2) is 11.5 Å². The fraction of sp³-hybridized carbons (Fsp3) is 0.250. The zero-order valence-electron chi connectivity index (χ0n) is 16.2. The van der Waals surface area contributed by atoms with Gasteiger partial charge in [-0.2, -0.15) is 5.26 Å². The largest absolute Gasteiger partial charge is 0.492 e. The van der Waals surface area contributed by atoms with E-state index in [9.17, 15) is 5.26 Å². The molecule has 0 radical (unpaired) electrons. The number of benzene rings is 2. The number of aromatic nitrogens is 1. The topological polar surface area (TPSA) is 64.4 Å². The van der Waals surface area contributed by atoms with Crippen molar-refractivity contribution >= 4 is 0 Å². The Morgan fingerprint density at radius 3 is 2.72 bits per heavy atom. The number of rotatable bonds is 6. The number of nitriles is 1. The highest BCUT2D eigenvalue weighted by molar-refractivity contribution is 5.75. The Bertz CT molecular complexity index is 1000. The summed E-state index contributed by atoms with van der Waals surface area (Å²) in [7, 11) is 1.63. The number of ether oxygens (including phenoxy) is 3. The predicted octanol–water partition coefficient (Wildman–Crippen LogP) is 4.61. The summed E-state index contributed by atoms with van der Waals surface area (Å²) in [5.41, 5.74) is 4.15. The zero-order chi connectivity index (χ0) is 20.1. The van der Waals surface area contributed by atoms with Crippen LogP contribution in [0.25, 0.3) is 11.1 Å². The van der Waals surface area contributed by atoms with Crippen LogP contribution >= 0.6 is 0 Å². The van der Waals surface area contributed by atoms with Gasteiger partial charge in [-0.3, -0.25) is 4.98 Å². The zero-order valence-corrected chi connectivity index (χ0v) is 16.2. The molecule has 1 aromatic heterocycles. The summed E-state index contributed by atoms with van der Waals surface area (Å²) >= 11 is 0. The van der Waals surface area contributed by atoms with Crippen molar-refractivity contribution in [3.63, 3.8) is 0 Å². The van der Waals surface area contributed by atoms with Gasteiger partial charge in [-0.25, -0.2) is 0 Å². The number of hydrogen-bond acceptors (Lipinski definition) is 5. The Balaban J connectivity index is 1.77. The van der Waals surface area contributed by atoms with E-state index in [4.69, 9.17) is 14.2 Å². The first-order chi connectivity index (χ1) is 14.3. The Morgan fingerprint density at radius 1 is 1.14 bits per heavy atom. The van der Waals surface area contributed by atoms with Crippen molar-refractivity contribution in [3.8, 4) is 28.7 Å². The van der Waals surface area contributed by atoms with Crippen LogP contribution in [-0.4, -0.2) is 25.0 Å². The summed E-state index contributed by atoms with van der Waals surface area (Å²) in [6.07, 6.45) is 4.41. The fourth-order valence-corrected chi connectivity index (χ4v) is 3.56. The fourth-order valence-electron chi connectivity index (χ4n) is 3.56. The quantitative estimate of drug-likeness (QED) is 0.619. The van der Waals surface area contributed by atoms with Crippen LogP contribution in [0, 0.1) is 17.2 Å². The van der Waals surface area contributed by atoms with Gasteiger partial charge in [0.2, 0.25) is 6.29 Å². The maximum absolute atomic E-state index is 9.37. The predicted molar refractivity (Wildman–Crippen MR) is 110 cm³/mol. The van der Waals surface area contributed by atoms with E-state index in [-0.39, 0.29) is 5.92 Å². The Hall–Kier alpha value is -3.36. The molecule has 0 N–H and O–H groups in total. The lowest BCUT2D eigenvalue weighted by Crippen LogP contribution is -2.22. The molecular weight excluding hydrogens is 364 g/mol. The molecule has 2 heterocycles. The van der Waals surface area contributed by atoms with Gasteiger partial charge in [0, 0.05) is 18.0 Å². The van der Waals surface area contributed by atoms with Gasteiger partial charge in [0.05, 0.1) is 19.8 Å². The highest BCUT2D eigenvalue weighted by Gasteiger charge is 2.31. The second-order valence-corrected chi connectivity index (χ2v) is 6.96. The summed E-state index contributed by atoms with van der Waals surface area (Å²) in [5, 5.41) is 9.37. The van der Waals surface area contributed by atoms with Crippen LogP contribution in [0.4, 0.5) is 0 Å². The number of pyridine rings is 1. The first-order valence-corrected chi connectivity index (χ1v) is 9.61. The van der Waals surface area contributed by atoms with Crippen LogP contribution in [-0.2, 0) is 11.2 Å². The van der Waals surface area contributed by atoms with Crippen molar-refractivity contribution in [3.05, 3.63) is 78.1 Å². The first kappa shape index (κ1) is 19.0. The van der Waals surface area contributed by atoms with Gasteiger partial charge in [0.25, 0.3) is 0 Å². The van der Waals surface area contributed by atoms with E-state index < -0.39 is 6.29 Å². The monoisotopic (exact) mass is 386 g/mol. The third-order valence-corrected chi connectivity index (χ3v) is 4.98. The number of methoxy groups -OCH3 is 1. The summed E-state index contributed by atoms with van der Waals surface area (Å²) < 4.78 is 17.5. The van der Waals surface area contributed by atoms with Crippen LogP contribution in [0.1, 0.15) is 17.5 Å². The van der Waals surface area contributed by atoms with Gasteiger partial charge in [-0.1, -0.05) is 36.4 Å². The maximum atomic E-state index is 9.37. The van der Waals surface area contributed by atoms with E-state index >= 15 is 0 Å². The third-order valence-electron chi connectivity index (χ3n) is 4.98. The number of hydrogen-bond donors (Lipinski definition) is 0. The molecule has 29 heavy (non-hydrogen) atoms. The van der Waals surface area contributed by atoms with Crippen LogP contribution in [0.5, 0.6) is 11.5 Å². The van der Waals surface area contributed by atoms with E-state index in [1.807, 2.05) is 54.7 Å². The second-order valence-electron chi connectivity index (χ2n) is 6.96. The van der Waals surface area contributed by atoms with Crippen molar-refractivity contribution in [2.45, 2.75) is 19.1 Å². The molecule has 3 aromatic rings. The molecule has 5 nitrogen and oxygen atoms in total. The lowest BCUT2D eigenvalue weighted by molar-refractivity contribution is -0.0532. The average Bonchev–Trinajstić information content (AvgIpc) is 3.22. The minimum absolute atomic E-state index is 0.290. The summed E-state index contributed by atoms with van der Waals surface area (Å²) in [6.45, 7) is 0.520. The molecule has 2 atom stereocenters. The highest BCUT2D eigenvalue weighted by atomic mass is 16.7. The lowest BCUT2D eigenvalue weighted by atomic mass is 9.98. The molecule has 1 saturated heterocycles. The molecule has 2 aromatic carbocycles. The standard InChI is InChI=1S/C24H22N2O3/c1-27-23-21(19-7-3-2-4-8-19)13-18(12-17-6-5-10-26-16-17)14-22(23)29-24-20(15-25)9-11-28-24/h2-8,10,13-14,16,20,24H,9,11-12H2,1H3/t20-,24?/m1/s1. The van der Waals surface area contributed by atoms with Crippen molar-refractivity contribution < 1.29 is 14.2 Å². The highest BCUT2D eigenvalue weighted by Crippen LogP contribution is 2.41. The average molecular weight is 386 g/mol. The summed E-state index contributed by atoms with van der Waals surface area (Å²) in [6, 6.07) is 20.4. The third kappa shape index (κ3) is 4.23. The normalized spacial score (nSPS) is 18.2. The molecule has 0 aliphatic carbocycles. The molecule has 146 valence electrons. The SMILES string of the molecule is COc1c(OC2OCC[C@@H]2C#N)cc(Cc2cccnc2)cc1-c1ccccc1. The van der Waals surface area contributed by atoms with E-state index in [0.717, 1.165) is 22.3 Å². The van der Waals surface area contributed by atoms with E-state index in [2.05, 4.69) is 17.1 Å². The van der Waals surface area contributed by atoms with Gasteiger partial charge in [-0.15, -0.1) is 0 Å². The van der Waals surface area contributed by atoms with Crippen LogP contribution < -0.4 is 9.47 Å². The minimum atomic E-state index is -0.592. The van der Waals surface area contributed by atoms with E-state index in [1.165, 1.54) is 0 Å². The van der Waals surface area contributed by atoms with Crippen molar-refractivity contribution in [2.75, 3.05) is 13.7 Å². The second kappa shape index (κ2) is 8.76. The maximum Gasteiger partial charge on any atom is 0.216 e. The molecule has 1 fully saturated rings. The molecule has 0 spiro atoms. The van der Waals surface area contributed by atoms with Gasteiger partial charge in [0.1, 0.15) is 5.92 Å². The Morgan fingerprint density at radius 2 is 2.00 bits per heavy atom. The molecule has 0 amide bonds. The Kier molecular flexibility index (Phi) is 5.73. The molecule has 4 rings (SSSR count). The van der Waals surface area contributed by atoms with E-state index in [1.54, 1.807) is 13.3 Å². The lowest BCUT2D eigenvalue weighted by Gasteiger charge is -2.21. The van der Waals surface area contributed by atoms with Crippen LogP contribution in [0.15, 0.2) is 67.0 Å². The summed E-state index contributed by atoms with van der Waals surface area (Å²) in [5.74, 6) is 0.931. The molecule has 1 aliphatic heterocycles. The molecule has 1 unspecified atom stereocenters. The minimum Gasteiger partial charge on any atom is -0.492 e. The van der Waals surface area contributed by atoms with Gasteiger partial charge < -0.3 is 14.2 Å².